The molecule has 0 spiro atoms. The number of likely N-dealkylation sites (tertiary alicyclic amines) is 1. The SMILES string of the molecule is CCC1CCCN1C(=O)C1CCC(N)C1.Cl. The van der Waals surface area contributed by atoms with Crippen molar-refractivity contribution in [1.29, 1.82) is 0 Å². The maximum absolute atomic E-state index is 12.2. The molecule has 0 bridgehead atoms. The molecule has 1 aliphatic carbocycles. The van der Waals surface area contributed by atoms with Crippen LogP contribution in [0.3, 0.4) is 0 Å². The summed E-state index contributed by atoms with van der Waals surface area (Å²) in [6.45, 7) is 3.15. The van der Waals surface area contributed by atoms with Crippen molar-refractivity contribution < 1.29 is 4.79 Å². The minimum absolute atomic E-state index is 0. The molecule has 3 nitrogen and oxygen atoms in total. The van der Waals surface area contributed by atoms with Crippen LogP contribution in [0.25, 0.3) is 0 Å². The van der Waals surface area contributed by atoms with E-state index < -0.39 is 0 Å². The third-order valence-electron chi connectivity index (χ3n) is 3.95. The van der Waals surface area contributed by atoms with Crippen molar-refractivity contribution in [3.63, 3.8) is 0 Å². The number of hydrogen-bond donors (Lipinski definition) is 1. The molecular weight excluding hydrogens is 224 g/mol. The van der Waals surface area contributed by atoms with Gasteiger partial charge in [-0.1, -0.05) is 6.92 Å². The predicted molar refractivity (Wildman–Crippen MR) is 67.6 cm³/mol. The molecule has 2 N–H and O–H groups in total. The molecule has 0 aromatic carbocycles. The van der Waals surface area contributed by atoms with Gasteiger partial charge in [0, 0.05) is 24.5 Å². The van der Waals surface area contributed by atoms with Gasteiger partial charge < -0.3 is 10.6 Å². The van der Waals surface area contributed by atoms with Crippen LogP contribution >= 0.6 is 12.4 Å². The number of nitrogens with two attached hydrogens (primary N) is 1. The van der Waals surface area contributed by atoms with Crippen LogP contribution in [0, 0.1) is 5.92 Å². The second kappa shape index (κ2) is 5.87. The van der Waals surface area contributed by atoms with Gasteiger partial charge in [-0.3, -0.25) is 4.79 Å². The van der Waals surface area contributed by atoms with Gasteiger partial charge in [0.25, 0.3) is 0 Å². The second-order valence-electron chi connectivity index (χ2n) is 5.01. The van der Waals surface area contributed by atoms with E-state index in [0.29, 0.717) is 11.9 Å². The summed E-state index contributed by atoms with van der Waals surface area (Å²) < 4.78 is 0. The highest BCUT2D eigenvalue weighted by Gasteiger charge is 2.35. The van der Waals surface area contributed by atoms with E-state index in [2.05, 4.69) is 11.8 Å². The Labute approximate surface area is 104 Å². The molecule has 0 radical (unpaired) electrons. The number of amides is 1. The Morgan fingerprint density at radius 3 is 2.69 bits per heavy atom. The first kappa shape index (κ1) is 13.8. The van der Waals surface area contributed by atoms with Gasteiger partial charge >= 0.3 is 0 Å². The lowest BCUT2D eigenvalue weighted by Gasteiger charge is -2.26. The normalized spacial score (nSPS) is 33.9. The van der Waals surface area contributed by atoms with E-state index in [9.17, 15) is 4.79 Å². The van der Waals surface area contributed by atoms with Crippen LogP contribution in [0.5, 0.6) is 0 Å². The molecular formula is C12H23ClN2O. The van der Waals surface area contributed by atoms with Crippen molar-refractivity contribution in [3.05, 3.63) is 0 Å². The molecule has 2 fully saturated rings. The van der Waals surface area contributed by atoms with Crippen molar-refractivity contribution in [2.24, 2.45) is 11.7 Å². The molecule has 4 heteroatoms. The highest BCUT2D eigenvalue weighted by Crippen LogP contribution is 2.29. The van der Waals surface area contributed by atoms with Crippen LogP contribution < -0.4 is 5.73 Å². The third kappa shape index (κ3) is 2.69. The number of hydrogen-bond acceptors (Lipinski definition) is 2. The summed E-state index contributed by atoms with van der Waals surface area (Å²) in [5.41, 5.74) is 5.86. The van der Waals surface area contributed by atoms with Crippen molar-refractivity contribution in [3.8, 4) is 0 Å². The highest BCUT2D eigenvalue weighted by molar-refractivity contribution is 5.85. The first-order valence-corrected chi connectivity index (χ1v) is 6.28. The number of nitrogens with zero attached hydrogens (tertiary/aromatic N) is 1. The summed E-state index contributed by atoms with van der Waals surface area (Å²) in [5, 5.41) is 0. The van der Waals surface area contributed by atoms with Gasteiger partial charge in [-0.25, -0.2) is 0 Å². The van der Waals surface area contributed by atoms with E-state index in [1.54, 1.807) is 0 Å². The van der Waals surface area contributed by atoms with Gasteiger partial charge in [0.1, 0.15) is 0 Å². The number of rotatable bonds is 2. The Kier molecular flexibility index (Phi) is 5.06. The molecule has 1 aliphatic heterocycles. The van der Waals surface area contributed by atoms with E-state index >= 15 is 0 Å². The van der Waals surface area contributed by atoms with Gasteiger partial charge in [0.2, 0.25) is 5.91 Å². The molecule has 1 saturated carbocycles. The average Bonchev–Trinajstić information content (AvgIpc) is 2.84. The molecule has 2 rings (SSSR count). The monoisotopic (exact) mass is 246 g/mol. The Bertz CT molecular complexity index is 247. The lowest BCUT2D eigenvalue weighted by Crippen LogP contribution is -2.39. The van der Waals surface area contributed by atoms with E-state index in [1.807, 2.05) is 0 Å². The maximum Gasteiger partial charge on any atom is 0.225 e. The summed E-state index contributed by atoms with van der Waals surface area (Å²) in [7, 11) is 0. The maximum atomic E-state index is 12.2. The first-order chi connectivity index (χ1) is 7.22. The summed E-state index contributed by atoms with van der Waals surface area (Å²) in [4.78, 5) is 14.3. The van der Waals surface area contributed by atoms with E-state index in [1.165, 1.54) is 12.8 Å². The summed E-state index contributed by atoms with van der Waals surface area (Å²) in [6, 6.07) is 0.774. The molecule has 0 aromatic heterocycles. The molecule has 3 unspecified atom stereocenters. The molecule has 94 valence electrons. The van der Waals surface area contributed by atoms with Gasteiger partial charge in [-0.05, 0) is 38.5 Å². The topological polar surface area (TPSA) is 46.3 Å². The van der Waals surface area contributed by atoms with Gasteiger partial charge in [-0.15, -0.1) is 12.4 Å². The fourth-order valence-corrected chi connectivity index (χ4v) is 3.03. The van der Waals surface area contributed by atoms with Crippen molar-refractivity contribution in [2.45, 2.75) is 57.5 Å². The van der Waals surface area contributed by atoms with Crippen LogP contribution in [0.2, 0.25) is 0 Å². The fourth-order valence-electron chi connectivity index (χ4n) is 3.03. The van der Waals surface area contributed by atoms with Gasteiger partial charge in [-0.2, -0.15) is 0 Å². The Morgan fingerprint density at radius 1 is 1.38 bits per heavy atom. The zero-order valence-corrected chi connectivity index (χ0v) is 10.8. The summed E-state index contributed by atoms with van der Waals surface area (Å²) in [6.07, 6.45) is 6.42. The zero-order chi connectivity index (χ0) is 10.8. The zero-order valence-electron chi connectivity index (χ0n) is 10.0. The lowest BCUT2D eigenvalue weighted by atomic mass is 10.1. The van der Waals surface area contributed by atoms with Crippen molar-refractivity contribution in [1.82, 2.24) is 4.90 Å². The molecule has 2 aliphatic rings. The van der Waals surface area contributed by atoms with Crippen molar-refractivity contribution >= 4 is 18.3 Å². The van der Waals surface area contributed by atoms with Crippen LogP contribution in [0.1, 0.15) is 45.4 Å². The third-order valence-corrected chi connectivity index (χ3v) is 3.95. The van der Waals surface area contributed by atoms with E-state index in [-0.39, 0.29) is 24.4 Å². The molecule has 1 saturated heterocycles. The standard InChI is InChI=1S/C12H22N2O.ClH/c1-2-11-4-3-7-14(11)12(15)9-5-6-10(13)8-9;/h9-11H,2-8,13H2,1H3;1H. The Morgan fingerprint density at radius 2 is 2.12 bits per heavy atom. The largest absolute Gasteiger partial charge is 0.339 e. The van der Waals surface area contributed by atoms with Crippen LogP contribution in [0.4, 0.5) is 0 Å². The molecule has 1 amide bonds. The van der Waals surface area contributed by atoms with Crippen LogP contribution in [0.15, 0.2) is 0 Å². The number of carbonyl (C=O) groups excluding carboxylic acids is 1. The molecule has 16 heavy (non-hydrogen) atoms. The molecule has 3 atom stereocenters. The number of carbonyl (C=O) groups is 1. The molecule has 1 heterocycles. The Balaban J connectivity index is 0.00000128. The van der Waals surface area contributed by atoms with E-state index in [4.69, 9.17) is 5.73 Å². The summed E-state index contributed by atoms with van der Waals surface area (Å²) in [5.74, 6) is 0.611. The predicted octanol–water partition coefficient (Wildman–Crippen LogP) is 1.94. The average molecular weight is 247 g/mol. The van der Waals surface area contributed by atoms with Crippen molar-refractivity contribution in [2.75, 3.05) is 6.54 Å². The highest BCUT2D eigenvalue weighted by atomic mass is 35.5. The molecule has 0 aromatic rings. The minimum atomic E-state index is 0. The van der Waals surface area contributed by atoms with E-state index in [0.717, 1.165) is 32.2 Å². The van der Waals surface area contributed by atoms with Gasteiger partial charge in [0.15, 0.2) is 0 Å². The second-order valence-corrected chi connectivity index (χ2v) is 5.01. The Hall–Kier alpha value is -0.280. The first-order valence-electron chi connectivity index (χ1n) is 6.28. The van der Waals surface area contributed by atoms with Crippen LogP contribution in [-0.2, 0) is 4.79 Å². The lowest BCUT2D eigenvalue weighted by molar-refractivity contribution is -0.136. The quantitative estimate of drug-likeness (QED) is 0.810. The smallest absolute Gasteiger partial charge is 0.225 e. The minimum Gasteiger partial charge on any atom is -0.339 e. The fraction of sp³-hybridized carbons (Fsp3) is 0.917. The van der Waals surface area contributed by atoms with Gasteiger partial charge in [0.05, 0.1) is 0 Å². The van der Waals surface area contributed by atoms with Crippen LogP contribution in [-0.4, -0.2) is 29.4 Å². The number of halogens is 1. The summed E-state index contributed by atoms with van der Waals surface area (Å²) >= 11 is 0.